The van der Waals surface area contributed by atoms with Crippen LogP contribution < -0.4 is 21.7 Å². The molecule has 1 saturated heterocycles. The average molecular weight is 721 g/mol. The fourth-order valence-electron chi connectivity index (χ4n) is 6.22. The highest BCUT2D eigenvalue weighted by Crippen LogP contribution is 2.34. The third-order valence-corrected chi connectivity index (χ3v) is 12.2. The van der Waals surface area contributed by atoms with Crippen molar-refractivity contribution < 1.29 is 24.0 Å². The van der Waals surface area contributed by atoms with Gasteiger partial charge in [-0.2, -0.15) is 0 Å². The van der Waals surface area contributed by atoms with Crippen molar-refractivity contribution in [2.75, 3.05) is 13.1 Å². The van der Waals surface area contributed by atoms with Crippen LogP contribution in [0.4, 0.5) is 4.79 Å². The molecular weight excluding hydrogens is 661 g/mol. The van der Waals surface area contributed by atoms with Gasteiger partial charge in [-0.15, -0.1) is 11.3 Å². The second kappa shape index (κ2) is 17.0. The lowest BCUT2D eigenvalue weighted by Crippen LogP contribution is -2.61. The van der Waals surface area contributed by atoms with Gasteiger partial charge in [0.2, 0.25) is 17.6 Å². The number of rotatable bonds is 15. The number of urea groups is 1. The first-order valence-corrected chi connectivity index (χ1v) is 19.3. The minimum Gasteiger partial charge on any atom is -0.363 e. The van der Waals surface area contributed by atoms with E-state index in [1.165, 1.54) is 4.21 Å². The van der Waals surface area contributed by atoms with E-state index in [0.717, 1.165) is 19.3 Å². The Bertz CT molecular complexity index is 1300. The summed E-state index contributed by atoms with van der Waals surface area (Å²) in [4.78, 5) is 68.2. The van der Waals surface area contributed by atoms with Crippen molar-refractivity contribution in [1.82, 2.24) is 25.2 Å². The summed E-state index contributed by atoms with van der Waals surface area (Å²) in [7, 11) is 0. The summed E-state index contributed by atoms with van der Waals surface area (Å²) < 4.78 is 3.43. The Morgan fingerprint density at radius 2 is 1.65 bits per heavy atom. The lowest BCUT2D eigenvalue weighted by Gasteiger charge is -2.39. The van der Waals surface area contributed by atoms with Crippen LogP contribution in [0.5, 0.6) is 0 Å². The van der Waals surface area contributed by atoms with Crippen molar-refractivity contribution >= 4 is 52.8 Å². The fourth-order valence-corrected chi connectivity index (χ4v) is 8.10. The number of hydrogen-bond acceptors (Lipinski definition) is 8. The van der Waals surface area contributed by atoms with Gasteiger partial charge in [0.15, 0.2) is 0 Å². The molecule has 13 heteroatoms. The van der Waals surface area contributed by atoms with E-state index in [1.807, 2.05) is 32.2 Å². The van der Waals surface area contributed by atoms with Gasteiger partial charge in [0.1, 0.15) is 12.1 Å². The number of likely N-dealkylation sites (tertiary alicyclic amines) is 1. The maximum Gasteiger partial charge on any atom is 0.315 e. The van der Waals surface area contributed by atoms with Gasteiger partial charge in [-0.1, -0.05) is 80.7 Å². The molecule has 1 aromatic rings. The molecule has 2 aliphatic rings. The largest absolute Gasteiger partial charge is 0.363 e. The molecule has 1 aromatic heterocycles. The smallest absolute Gasteiger partial charge is 0.315 e. The van der Waals surface area contributed by atoms with Crippen molar-refractivity contribution in [3.05, 3.63) is 17.5 Å². The summed E-state index contributed by atoms with van der Waals surface area (Å²) in [5.74, 6) is -2.25. The van der Waals surface area contributed by atoms with Crippen molar-refractivity contribution in [2.24, 2.45) is 34.3 Å². The SMILES string of the molecule is CC(C)C1CC(C(=O)NC(CC2CCC2)C(=O)C(N)=O)N(C(=O)C(NC(=O)NC(CN(Sc2cccs2)C(C)C)C(C)(C)C)C(C)(C)C)C1. The lowest BCUT2D eigenvalue weighted by atomic mass is 9.80. The summed E-state index contributed by atoms with van der Waals surface area (Å²) in [5.41, 5.74) is 4.38. The van der Waals surface area contributed by atoms with Crippen LogP contribution in [0, 0.1) is 28.6 Å². The molecule has 5 N–H and O–H groups in total. The standard InChI is InChI=1S/C36H60N6O5S2/c1-21(2)24-18-26(32(45)38-25(29(43)31(37)44)17-23-13-11-14-23)41(19-24)33(46)30(36(8,9)10)40-34(47)39-27(35(5,6)7)20-42(22(3)4)49-28-15-12-16-48-28/h12,15-16,21-27,30H,11,13-14,17-20H2,1-10H3,(H2,37,44)(H,38,45)(H2,39,40,47). The van der Waals surface area contributed by atoms with E-state index in [0.29, 0.717) is 25.9 Å². The van der Waals surface area contributed by atoms with E-state index in [1.54, 1.807) is 28.2 Å². The van der Waals surface area contributed by atoms with Gasteiger partial charge in [0, 0.05) is 25.2 Å². The molecular formula is C36H60N6O5S2. The number of nitrogens with one attached hydrogen (secondary N) is 3. The number of Topliss-reactive ketones (excluding diaryl/α,β-unsaturated/α-hetero) is 1. The predicted octanol–water partition coefficient (Wildman–Crippen LogP) is 5.20. The highest BCUT2D eigenvalue weighted by Gasteiger charge is 2.46. The Hall–Kier alpha value is -2.64. The highest BCUT2D eigenvalue weighted by molar-refractivity contribution is 7.98. The van der Waals surface area contributed by atoms with Crippen LogP contribution in [0.25, 0.3) is 0 Å². The first-order valence-electron chi connectivity index (χ1n) is 17.7. The number of nitrogens with two attached hydrogens (primary N) is 1. The molecule has 0 aromatic carbocycles. The van der Waals surface area contributed by atoms with Crippen molar-refractivity contribution in [3.8, 4) is 0 Å². The Morgan fingerprint density at radius 1 is 1.00 bits per heavy atom. The quantitative estimate of drug-likeness (QED) is 0.144. The molecule has 0 radical (unpaired) electrons. The van der Waals surface area contributed by atoms with Crippen LogP contribution in [-0.4, -0.2) is 82.0 Å². The number of carbonyl (C=O) groups excluding carboxylic acids is 5. The summed E-state index contributed by atoms with van der Waals surface area (Å²) in [5, 5.41) is 11.0. The van der Waals surface area contributed by atoms with E-state index >= 15 is 0 Å². The van der Waals surface area contributed by atoms with Crippen LogP contribution in [0.15, 0.2) is 21.7 Å². The molecule has 1 saturated carbocycles. The zero-order chi connectivity index (χ0) is 36.8. The van der Waals surface area contributed by atoms with Crippen LogP contribution in [0.2, 0.25) is 0 Å². The Labute approximate surface area is 301 Å². The summed E-state index contributed by atoms with van der Waals surface area (Å²) in [6.07, 6.45) is 3.68. The molecule has 2 fully saturated rings. The third-order valence-electron chi connectivity index (χ3n) is 9.91. The van der Waals surface area contributed by atoms with Gasteiger partial charge in [0.05, 0.1) is 10.3 Å². The zero-order valence-corrected chi connectivity index (χ0v) is 32.8. The first kappa shape index (κ1) is 40.8. The molecule has 3 rings (SSSR count). The summed E-state index contributed by atoms with van der Waals surface area (Å²) in [6.45, 7) is 21.2. The van der Waals surface area contributed by atoms with Gasteiger partial charge < -0.3 is 26.6 Å². The molecule has 49 heavy (non-hydrogen) atoms. The molecule has 1 aliphatic heterocycles. The zero-order valence-electron chi connectivity index (χ0n) is 31.1. The van der Waals surface area contributed by atoms with Crippen molar-refractivity contribution in [3.63, 3.8) is 0 Å². The fraction of sp³-hybridized carbons (Fsp3) is 0.750. The van der Waals surface area contributed by atoms with E-state index in [-0.39, 0.29) is 41.2 Å². The van der Waals surface area contributed by atoms with Gasteiger partial charge >= 0.3 is 6.03 Å². The monoisotopic (exact) mass is 720 g/mol. The minimum absolute atomic E-state index is 0.0409. The van der Waals surface area contributed by atoms with Gasteiger partial charge in [-0.3, -0.25) is 19.2 Å². The number of thiophene rings is 1. The van der Waals surface area contributed by atoms with Crippen LogP contribution in [0.3, 0.4) is 0 Å². The molecule has 0 bridgehead atoms. The van der Waals surface area contributed by atoms with Crippen LogP contribution in [-0.2, 0) is 19.2 Å². The molecule has 5 atom stereocenters. The van der Waals surface area contributed by atoms with Crippen LogP contribution in [0.1, 0.15) is 101 Å². The lowest BCUT2D eigenvalue weighted by molar-refractivity contribution is -0.143. The number of amides is 5. The minimum atomic E-state index is -1.08. The van der Waals surface area contributed by atoms with Crippen molar-refractivity contribution in [2.45, 2.75) is 136 Å². The molecule has 5 unspecified atom stereocenters. The van der Waals surface area contributed by atoms with E-state index < -0.39 is 47.2 Å². The maximum atomic E-state index is 14.5. The molecule has 2 heterocycles. The van der Waals surface area contributed by atoms with Crippen molar-refractivity contribution in [1.29, 1.82) is 0 Å². The second-order valence-electron chi connectivity index (χ2n) is 16.6. The summed E-state index contributed by atoms with van der Waals surface area (Å²) >= 11 is 3.34. The Kier molecular flexibility index (Phi) is 14.2. The topological polar surface area (TPSA) is 154 Å². The summed E-state index contributed by atoms with van der Waals surface area (Å²) in [6, 6.07) is 0.805. The van der Waals surface area contributed by atoms with E-state index in [4.69, 9.17) is 5.73 Å². The molecule has 276 valence electrons. The van der Waals surface area contributed by atoms with E-state index in [9.17, 15) is 24.0 Å². The first-order chi connectivity index (χ1) is 22.7. The molecule has 5 amide bonds. The Balaban J connectivity index is 1.81. The molecule has 11 nitrogen and oxygen atoms in total. The number of ketones is 1. The number of hydrogen-bond donors (Lipinski definition) is 4. The number of carbonyl (C=O) groups is 5. The van der Waals surface area contributed by atoms with Gasteiger partial charge in [0.25, 0.3) is 5.91 Å². The highest BCUT2D eigenvalue weighted by atomic mass is 32.2. The predicted molar refractivity (Wildman–Crippen MR) is 197 cm³/mol. The molecule has 0 spiro atoms. The average Bonchev–Trinajstić information content (AvgIpc) is 3.65. The van der Waals surface area contributed by atoms with Gasteiger partial charge in [-0.25, -0.2) is 9.10 Å². The Morgan fingerprint density at radius 3 is 2.12 bits per heavy atom. The van der Waals surface area contributed by atoms with Gasteiger partial charge in [-0.05, 0) is 78.7 Å². The van der Waals surface area contributed by atoms with E-state index in [2.05, 4.69) is 74.8 Å². The normalized spacial score (nSPS) is 20.6. The van der Waals surface area contributed by atoms with Crippen LogP contribution >= 0.6 is 23.3 Å². The maximum absolute atomic E-state index is 14.5. The second-order valence-corrected chi connectivity index (χ2v) is 18.9. The third kappa shape index (κ3) is 11.4. The number of primary amides is 1. The number of nitrogens with zero attached hydrogens (tertiary/aromatic N) is 2. The molecule has 1 aliphatic carbocycles.